The summed E-state index contributed by atoms with van der Waals surface area (Å²) in [5.74, 6) is 0.498. The van der Waals surface area contributed by atoms with Crippen molar-refractivity contribution in [2.45, 2.75) is 58.0 Å². The third-order valence-corrected chi connectivity index (χ3v) is 8.69. The zero-order chi connectivity index (χ0) is 34.8. The van der Waals surface area contributed by atoms with Gasteiger partial charge in [-0.05, 0) is 58.4 Å². The smallest absolute Gasteiger partial charge is 0.418 e. The molecule has 4 heterocycles. The number of likely N-dealkylation sites (tertiary alicyclic amines) is 1. The van der Waals surface area contributed by atoms with Gasteiger partial charge in [0.15, 0.2) is 0 Å². The van der Waals surface area contributed by atoms with Crippen molar-refractivity contribution in [3.8, 4) is 17.3 Å². The van der Waals surface area contributed by atoms with Crippen LogP contribution in [0.3, 0.4) is 0 Å². The highest BCUT2D eigenvalue weighted by Crippen LogP contribution is 2.41. The van der Waals surface area contributed by atoms with Gasteiger partial charge in [-0.3, -0.25) is 9.88 Å². The second-order valence-electron chi connectivity index (χ2n) is 13.0. The number of nitrogens with zero attached hydrogens (tertiary/aromatic N) is 6. The van der Waals surface area contributed by atoms with Crippen molar-refractivity contribution < 1.29 is 36.9 Å². The van der Waals surface area contributed by atoms with Gasteiger partial charge in [0.1, 0.15) is 18.0 Å². The van der Waals surface area contributed by atoms with Crippen molar-refractivity contribution in [2.75, 3.05) is 71.6 Å². The maximum absolute atomic E-state index is 14.1. The second-order valence-corrected chi connectivity index (χ2v) is 13.4. The number of pyridine rings is 1. The van der Waals surface area contributed by atoms with E-state index < -0.39 is 23.4 Å². The lowest BCUT2D eigenvalue weighted by atomic mass is 10.0. The number of anilines is 1. The van der Waals surface area contributed by atoms with Crippen LogP contribution in [0.15, 0.2) is 24.3 Å². The lowest BCUT2D eigenvalue weighted by Gasteiger charge is -2.36. The lowest BCUT2D eigenvalue weighted by molar-refractivity contribution is -0.137. The van der Waals surface area contributed by atoms with Gasteiger partial charge in [-0.25, -0.2) is 4.79 Å². The molecule has 1 amide bonds. The molecule has 0 unspecified atom stereocenters. The van der Waals surface area contributed by atoms with E-state index in [1.807, 2.05) is 25.7 Å². The fraction of sp³-hybridized carbons (Fsp3) is 0.576. The van der Waals surface area contributed by atoms with E-state index >= 15 is 0 Å². The number of rotatable bonds is 9. The molecule has 5 rings (SSSR count). The van der Waals surface area contributed by atoms with E-state index in [4.69, 9.17) is 35.5 Å². The maximum atomic E-state index is 14.1. The summed E-state index contributed by atoms with van der Waals surface area (Å²) in [6, 6.07) is 5.48. The summed E-state index contributed by atoms with van der Waals surface area (Å²) in [4.78, 5) is 32.3. The second kappa shape index (κ2) is 14.6. The molecule has 1 aromatic carbocycles. The fourth-order valence-corrected chi connectivity index (χ4v) is 6.21. The number of alkyl halides is 3. The van der Waals surface area contributed by atoms with Crippen LogP contribution in [0, 0.1) is 6.92 Å². The highest BCUT2D eigenvalue weighted by Gasteiger charge is 2.36. The van der Waals surface area contributed by atoms with Crippen LogP contribution in [0.25, 0.3) is 22.2 Å². The molecular formula is C33H42ClF3N6O5. The molecular weight excluding hydrogens is 653 g/mol. The van der Waals surface area contributed by atoms with Crippen LogP contribution in [0.1, 0.15) is 38.4 Å². The molecule has 0 aliphatic carbocycles. The SMILES string of the molecule is COCCN1C[C@H](OC)C[C@H]1COc1nc(N2CCN(C(=O)OC(C)(C)C)CC2)c2cc(Cl)c(-c3nc(C)ccc3C(F)(F)F)cc2n1. The summed E-state index contributed by atoms with van der Waals surface area (Å²) >= 11 is 6.71. The average Bonchev–Trinajstić information content (AvgIpc) is 3.43. The number of halogens is 4. The minimum Gasteiger partial charge on any atom is -0.462 e. The number of amides is 1. The van der Waals surface area contributed by atoms with Crippen molar-refractivity contribution >= 4 is 34.4 Å². The Balaban J connectivity index is 1.51. The Bertz CT molecular complexity index is 1610. The molecule has 2 saturated heterocycles. The van der Waals surface area contributed by atoms with E-state index in [2.05, 4.69) is 14.9 Å². The fourth-order valence-electron chi connectivity index (χ4n) is 5.95. The molecule has 2 aromatic heterocycles. The normalized spacial score (nSPS) is 19.3. The molecule has 0 bridgehead atoms. The Labute approximate surface area is 283 Å². The van der Waals surface area contributed by atoms with Gasteiger partial charge >= 0.3 is 18.3 Å². The molecule has 15 heteroatoms. The Morgan fingerprint density at radius 1 is 1.04 bits per heavy atom. The summed E-state index contributed by atoms with van der Waals surface area (Å²) in [6.45, 7) is 10.9. The third kappa shape index (κ3) is 8.39. The van der Waals surface area contributed by atoms with Crippen molar-refractivity contribution in [2.24, 2.45) is 0 Å². The van der Waals surface area contributed by atoms with E-state index in [0.29, 0.717) is 61.7 Å². The number of aryl methyl sites for hydroxylation is 1. The number of fused-ring (bicyclic) bond motifs is 1. The summed E-state index contributed by atoms with van der Waals surface area (Å²) in [6.07, 6.45) is -4.27. The van der Waals surface area contributed by atoms with Crippen molar-refractivity contribution in [3.05, 3.63) is 40.5 Å². The van der Waals surface area contributed by atoms with Crippen molar-refractivity contribution in [1.29, 1.82) is 0 Å². The Kier molecular flexibility index (Phi) is 10.9. The van der Waals surface area contributed by atoms with E-state index in [1.54, 1.807) is 32.1 Å². The molecule has 2 atom stereocenters. The summed E-state index contributed by atoms with van der Waals surface area (Å²) in [5.41, 5.74) is -0.963. The quantitative estimate of drug-likeness (QED) is 0.271. The lowest BCUT2D eigenvalue weighted by Crippen LogP contribution is -2.50. The number of benzene rings is 1. The number of hydrogen-bond donors (Lipinski definition) is 0. The van der Waals surface area contributed by atoms with Gasteiger partial charge in [0.25, 0.3) is 0 Å². The molecule has 3 aromatic rings. The van der Waals surface area contributed by atoms with Gasteiger partial charge < -0.3 is 28.7 Å². The Morgan fingerprint density at radius 3 is 2.42 bits per heavy atom. The molecule has 11 nitrogen and oxygen atoms in total. The minimum atomic E-state index is -4.65. The van der Waals surface area contributed by atoms with E-state index in [-0.39, 0.29) is 41.0 Å². The first-order valence-electron chi connectivity index (χ1n) is 15.8. The highest BCUT2D eigenvalue weighted by atomic mass is 35.5. The molecule has 2 fully saturated rings. The van der Waals surface area contributed by atoms with E-state index in [1.165, 1.54) is 12.1 Å². The average molecular weight is 695 g/mol. The summed E-state index contributed by atoms with van der Waals surface area (Å²) < 4.78 is 64.9. The van der Waals surface area contributed by atoms with Crippen molar-refractivity contribution in [1.82, 2.24) is 24.8 Å². The molecule has 0 N–H and O–H groups in total. The number of hydrogen-bond acceptors (Lipinski definition) is 10. The highest BCUT2D eigenvalue weighted by molar-refractivity contribution is 6.34. The summed E-state index contributed by atoms with van der Waals surface area (Å²) in [5, 5.41) is 0.604. The van der Waals surface area contributed by atoms with Crippen LogP contribution < -0.4 is 9.64 Å². The van der Waals surface area contributed by atoms with Gasteiger partial charge in [0.05, 0.1) is 34.5 Å². The standard InChI is InChI=1S/C33H42ClF3N6O5/c1-20-7-8-25(33(35,36)37)28(38-20)23-17-27-24(16-26(23)34)29(41-9-11-42(12-10-41)31(44)48-32(2,3)4)40-30(39-27)47-19-21-15-22(46-6)18-43(21)13-14-45-5/h7-8,16-17,21-22H,9-15,18-19H2,1-6H3/t21-,22+/m0/s1. The van der Waals surface area contributed by atoms with Gasteiger partial charge in [0, 0.05) is 76.2 Å². The molecule has 48 heavy (non-hydrogen) atoms. The third-order valence-electron chi connectivity index (χ3n) is 8.38. The zero-order valence-corrected chi connectivity index (χ0v) is 28.8. The number of methoxy groups -OCH3 is 2. The largest absolute Gasteiger partial charge is 0.462 e. The molecule has 0 radical (unpaired) electrons. The Morgan fingerprint density at radius 2 is 1.77 bits per heavy atom. The van der Waals surface area contributed by atoms with E-state index in [0.717, 1.165) is 19.0 Å². The van der Waals surface area contributed by atoms with Gasteiger partial charge in [-0.1, -0.05) is 11.6 Å². The molecule has 0 saturated carbocycles. The topological polar surface area (TPSA) is 102 Å². The molecule has 2 aliphatic rings. The van der Waals surface area contributed by atoms with Gasteiger partial charge in [0.2, 0.25) is 0 Å². The predicted molar refractivity (Wildman–Crippen MR) is 176 cm³/mol. The first-order chi connectivity index (χ1) is 22.7. The zero-order valence-electron chi connectivity index (χ0n) is 28.1. The Hall–Kier alpha value is -3.46. The monoisotopic (exact) mass is 694 g/mol. The van der Waals surface area contributed by atoms with Crippen LogP contribution >= 0.6 is 11.6 Å². The molecule has 2 aliphatic heterocycles. The number of piperazine rings is 1. The van der Waals surface area contributed by atoms with Crippen LogP contribution in [0.5, 0.6) is 6.01 Å². The van der Waals surface area contributed by atoms with E-state index in [9.17, 15) is 18.0 Å². The number of aromatic nitrogens is 3. The van der Waals surface area contributed by atoms with Crippen LogP contribution in [-0.2, 0) is 20.4 Å². The maximum Gasteiger partial charge on any atom is 0.418 e. The number of carbonyl (C=O) groups is 1. The minimum absolute atomic E-state index is 0.0110. The first-order valence-corrected chi connectivity index (χ1v) is 16.2. The number of carbonyl (C=O) groups excluding carboxylic acids is 1. The van der Waals surface area contributed by atoms with Gasteiger partial charge in [-0.15, -0.1) is 0 Å². The number of ether oxygens (including phenoxy) is 4. The first kappa shape index (κ1) is 35.8. The molecule has 262 valence electrons. The van der Waals surface area contributed by atoms with Crippen LogP contribution in [0.2, 0.25) is 5.02 Å². The molecule has 0 spiro atoms. The van der Waals surface area contributed by atoms with Crippen LogP contribution in [-0.4, -0.2) is 115 Å². The van der Waals surface area contributed by atoms with Crippen LogP contribution in [0.4, 0.5) is 23.8 Å². The summed E-state index contributed by atoms with van der Waals surface area (Å²) in [7, 11) is 3.33. The predicted octanol–water partition coefficient (Wildman–Crippen LogP) is 5.84. The van der Waals surface area contributed by atoms with Crippen molar-refractivity contribution in [3.63, 3.8) is 0 Å². The van der Waals surface area contributed by atoms with Gasteiger partial charge in [-0.2, -0.15) is 23.1 Å².